The number of nitrogens with one attached hydrogen (secondary N) is 1. The second-order valence-electron chi connectivity index (χ2n) is 6.89. The first-order valence-corrected chi connectivity index (χ1v) is 11.0. The fourth-order valence-electron chi connectivity index (χ4n) is 3.84. The summed E-state index contributed by atoms with van der Waals surface area (Å²) in [5.41, 5.74) is 4.15. The Bertz CT molecular complexity index is 1020. The van der Waals surface area contributed by atoms with Crippen molar-refractivity contribution in [1.82, 2.24) is 9.71 Å². The Morgan fingerprint density at radius 2 is 2.15 bits per heavy atom. The van der Waals surface area contributed by atoms with Gasteiger partial charge in [-0.05, 0) is 61.1 Å². The Morgan fingerprint density at radius 1 is 1.33 bits per heavy atom. The van der Waals surface area contributed by atoms with Crippen LogP contribution in [-0.2, 0) is 23.0 Å². The molecule has 0 radical (unpaired) electrons. The predicted molar refractivity (Wildman–Crippen MR) is 104 cm³/mol. The monoisotopic (exact) mass is 405 g/mol. The van der Waals surface area contributed by atoms with Crippen molar-refractivity contribution in [3.63, 3.8) is 0 Å². The van der Waals surface area contributed by atoms with E-state index in [9.17, 15) is 13.2 Å². The molecule has 1 aliphatic carbocycles. The van der Waals surface area contributed by atoms with E-state index in [0.29, 0.717) is 17.1 Å². The number of sulfonamides is 1. The van der Waals surface area contributed by atoms with Crippen LogP contribution in [0.4, 0.5) is 5.69 Å². The molecule has 8 heteroatoms. The molecule has 4 rings (SSSR count). The number of carbonyl (C=O) groups excluding carboxylic acids is 1. The largest absolute Gasteiger partial charge is 0.302 e. The quantitative estimate of drug-likeness (QED) is 0.847. The summed E-state index contributed by atoms with van der Waals surface area (Å²) in [7, 11) is -3.33. The molecule has 1 amide bonds. The standard InChI is InChI=1S/C19H20ClN3O3S/c1-2-27(25,26)22-17-5-3-4-15-16(17)9-21-10-18(15)23-11-12-8-13(20)6-7-14(12)19(23)24/h6-10,17,22H,2-5,11H2,1H3/t17-/m1/s1. The van der Waals surface area contributed by atoms with Gasteiger partial charge >= 0.3 is 0 Å². The topological polar surface area (TPSA) is 79.4 Å². The van der Waals surface area contributed by atoms with E-state index in [1.165, 1.54) is 0 Å². The van der Waals surface area contributed by atoms with Gasteiger partial charge < -0.3 is 4.90 Å². The molecule has 0 bridgehead atoms. The lowest BCUT2D eigenvalue weighted by atomic mass is 9.88. The van der Waals surface area contributed by atoms with Gasteiger partial charge in [0.2, 0.25) is 10.0 Å². The fourth-order valence-corrected chi connectivity index (χ4v) is 4.88. The summed E-state index contributed by atoms with van der Waals surface area (Å²) in [6.07, 6.45) is 5.77. The van der Waals surface area contributed by atoms with Gasteiger partial charge in [0.25, 0.3) is 5.91 Å². The first-order valence-electron chi connectivity index (χ1n) is 8.96. The van der Waals surface area contributed by atoms with E-state index in [0.717, 1.165) is 41.6 Å². The molecule has 0 saturated carbocycles. The summed E-state index contributed by atoms with van der Waals surface area (Å²) >= 11 is 6.07. The molecular formula is C19H20ClN3O3S. The highest BCUT2D eigenvalue weighted by atomic mass is 35.5. The van der Waals surface area contributed by atoms with Crippen LogP contribution in [-0.4, -0.2) is 25.1 Å². The molecule has 1 aromatic heterocycles. The van der Waals surface area contributed by atoms with Gasteiger partial charge in [0.1, 0.15) is 0 Å². The van der Waals surface area contributed by atoms with E-state index in [1.54, 1.807) is 36.4 Å². The van der Waals surface area contributed by atoms with Crippen LogP contribution in [0.1, 0.15) is 52.9 Å². The van der Waals surface area contributed by atoms with Crippen molar-refractivity contribution in [1.29, 1.82) is 0 Å². The molecule has 1 aromatic carbocycles. The number of carbonyl (C=O) groups is 1. The first-order chi connectivity index (χ1) is 12.9. The predicted octanol–water partition coefficient (Wildman–Crippen LogP) is 3.21. The SMILES string of the molecule is CCS(=O)(=O)N[C@@H]1CCCc2c1cncc2N1Cc2cc(Cl)ccc2C1=O. The van der Waals surface area contributed by atoms with Gasteiger partial charge in [0.15, 0.2) is 0 Å². The van der Waals surface area contributed by atoms with Crippen LogP contribution in [0.25, 0.3) is 0 Å². The van der Waals surface area contributed by atoms with Gasteiger partial charge in [-0.3, -0.25) is 9.78 Å². The highest BCUT2D eigenvalue weighted by Gasteiger charge is 2.33. The molecule has 2 heterocycles. The van der Waals surface area contributed by atoms with Crippen LogP contribution < -0.4 is 9.62 Å². The number of fused-ring (bicyclic) bond motifs is 2. The minimum atomic E-state index is -3.33. The van der Waals surface area contributed by atoms with Gasteiger partial charge in [-0.15, -0.1) is 0 Å². The van der Waals surface area contributed by atoms with Crippen LogP contribution in [0.5, 0.6) is 0 Å². The lowest BCUT2D eigenvalue weighted by Crippen LogP contribution is -2.33. The maximum absolute atomic E-state index is 12.9. The summed E-state index contributed by atoms with van der Waals surface area (Å²) in [6, 6.07) is 4.98. The summed E-state index contributed by atoms with van der Waals surface area (Å²) < 4.78 is 26.9. The number of aromatic nitrogens is 1. The zero-order chi connectivity index (χ0) is 19.2. The van der Waals surface area contributed by atoms with Gasteiger partial charge in [0.05, 0.1) is 24.2 Å². The maximum Gasteiger partial charge on any atom is 0.258 e. The number of anilines is 1. The van der Waals surface area contributed by atoms with Crippen molar-refractivity contribution in [2.45, 2.75) is 38.8 Å². The lowest BCUT2D eigenvalue weighted by molar-refractivity contribution is 0.0996. The molecule has 27 heavy (non-hydrogen) atoms. The van der Waals surface area contributed by atoms with Crippen LogP contribution in [0.2, 0.25) is 5.02 Å². The number of halogens is 1. The van der Waals surface area contributed by atoms with Gasteiger partial charge in [-0.25, -0.2) is 13.1 Å². The van der Waals surface area contributed by atoms with E-state index in [1.807, 2.05) is 6.07 Å². The number of hydrogen-bond donors (Lipinski definition) is 1. The summed E-state index contributed by atoms with van der Waals surface area (Å²) in [5.74, 6) is -0.0414. The van der Waals surface area contributed by atoms with Crippen molar-refractivity contribution in [2.75, 3.05) is 10.7 Å². The van der Waals surface area contributed by atoms with Crippen molar-refractivity contribution in [2.24, 2.45) is 0 Å². The molecule has 6 nitrogen and oxygen atoms in total. The third-order valence-corrected chi connectivity index (χ3v) is 6.87. The third kappa shape index (κ3) is 3.35. The fraction of sp³-hybridized carbons (Fsp3) is 0.368. The highest BCUT2D eigenvalue weighted by molar-refractivity contribution is 7.89. The van der Waals surface area contributed by atoms with Crippen molar-refractivity contribution < 1.29 is 13.2 Å². The van der Waals surface area contributed by atoms with Crippen molar-refractivity contribution >= 4 is 33.2 Å². The van der Waals surface area contributed by atoms with E-state index in [2.05, 4.69) is 9.71 Å². The Morgan fingerprint density at radius 3 is 2.93 bits per heavy atom. The molecule has 1 aliphatic heterocycles. The van der Waals surface area contributed by atoms with Crippen LogP contribution >= 0.6 is 11.6 Å². The van der Waals surface area contributed by atoms with Crippen LogP contribution in [0.15, 0.2) is 30.6 Å². The Labute approximate surface area is 163 Å². The minimum absolute atomic E-state index is 0.0344. The van der Waals surface area contributed by atoms with E-state index >= 15 is 0 Å². The van der Waals surface area contributed by atoms with E-state index < -0.39 is 10.0 Å². The van der Waals surface area contributed by atoms with Crippen LogP contribution in [0.3, 0.4) is 0 Å². The number of hydrogen-bond acceptors (Lipinski definition) is 4. The lowest BCUT2D eigenvalue weighted by Gasteiger charge is -2.29. The number of nitrogens with zero attached hydrogens (tertiary/aromatic N) is 2. The molecule has 1 N–H and O–H groups in total. The summed E-state index contributed by atoms with van der Waals surface area (Å²) in [4.78, 5) is 18.9. The molecule has 2 aromatic rings. The minimum Gasteiger partial charge on any atom is -0.302 e. The Kier molecular flexibility index (Phi) is 4.70. The number of pyridine rings is 1. The second kappa shape index (κ2) is 6.89. The molecule has 142 valence electrons. The Balaban J connectivity index is 1.71. The molecule has 1 atom stereocenters. The van der Waals surface area contributed by atoms with Crippen molar-refractivity contribution in [3.05, 3.63) is 57.9 Å². The average Bonchev–Trinajstić information content (AvgIpc) is 2.97. The summed E-state index contributed by atoms with van der Waals surface area (Å²) in [6.45, 7) is 2.06. The van der Waals surface area contributed by atoms with Gasteiger partial charge in [0, 0.05) is 22.8 Å². The summed E-state index contributed by atoms with van der Waals surface area (Å²) in [5, 5.41) is 0.602. The van der Waals surface area contributed by atoms with Crippen molar-refractivity contribution in [3.8, 4) is 0 Å². The number of benzene rings is 1. The first kappa shape index (κ1) is 18.4. The normalized spacial score (nSPS) is 19.1. The zero-order valence-corrected chi connectivity index (χ0v) is 16.5. The smallest absolute Gasteiger partial charge is 0.258 e. The second-order valence-corrected chi connectivity index (χ2v) is 9.36. The van der Waals surface area contributed by atoms with E-state index in [-0.39, 0.29) is 17.7 Å². The van der Waals surface area contributed by atoms with Crippen LogP contribution in [0, 0.1) is 0 Å². The molecule has 0 unspecified atom stereocenters. The van der Waals surface area contributed by atoms with E-state index in [4.69, 9.17) is 11.6 Å². The number of amides is 1. The molecule has 0 saturated heterocycles. The molecular weight excluding hydrogens is 386 g/mol. The molecule has 2 aliphatic rings. The zero-order valence-electron chi connectivity index (χ0n) is 14.9. The van der Waals surface area contributed by atoms with Gasteiger partial charge in [-0.2, -0.15) is 0 Å². The molecule has 0 spiro atoms. The highest BCUT2D eigenvalue weighted by Crippen LogP contribution is 2.38. The number of rotatable bonds is 4. The third-order valence-electron chi connectivity index (χ3n) is 5.23. The van der Waals surface area contributed by atoms with Gasteiger partial charge in [-0.1, -0.05) is 11.6 Å². The average molecular weight is 406 g/mol. The Hall–Kier alpha value is -1.96. The maximum atomic E-state index is 12.9. The molecule has 0 fully saturated rings.